The van der Waals surface area contributed by atoms with Gasteiger partial charge in [-0.05, 0) is 79.1 Å². The van der Waals surface area contributed by atoms with Crippen molar-refractivity contribution in [2.24, 2.45) is 34.0 Å². The van der Waals surface area contributed by atoms with Crippen molar-refractivity contribution in [1.29, 1.82) is 0 Å². The van der Waals surface area contributed by atoms with E-state index in [9.17, 15) is 4.79 Å². The van der Waals surface area contributed by atoms with Crippen molar-refractivity contribution in [2.45, 2.75) is 72.1 Å². The van der Waals surface area contributed by atoms with Crippen molar-refractivity contribution in [3.63, 3.8) is 0 Å². The van der Waals surface area contributed by atoms with Crippen LogP contribution in [0.3, 0.4) is 0 Å². The number of carbonyl (C=O) groups is 1. The second-order valence-electron chi connectivity index (χ2n) is 9.48. The molecular formula is C20H30O. The minimum absolute atomic E-state index is 0.00132. The molecule has 4 saturated carbocycles. The fourth-order valence-electron chi connectivity index (χ4n) is 7.44. The highest BCUT2D eigenvalue weighted by molar-refractivity contribution is 6.03. The van der Waals surface area contributed by atoms with Gasteiger partial charge in [0.15, 0.2) is 5.78 Å². The van der Waals surface area contributed by atoms with Gasteiger partial charge in [0.25, 0.3) is 0 Å². The van der Waals surface area contributed by atoms with Gasteiger partial charge in [-0.3, -0.25) is 4.79 Å². The number of hydrogen-bond acceptors (Lipinski definition) is 1. The molecule has 0 saturated heterocycles. The van der Waals surface area contributed by atoms with Crippen LogP contribution in [0.25, 0.3) is 0 Å². The van der Waals surface area contributed by atoms with Crippen molar-refractivity contribution in [3.8, 4) is 0 Å². The van der Waals surface area contributed by atoms with Crippen molar-refractivity contribution in [2.75, 3.05) is 0 Å². The molecule has 116 valence electrons. The summed E-state index contributed by atoms with van der Waals surface area (Å²) in [6.07, 6.45) is 10.1. The third-order valence-corrected chi connectivity index (χ3v) is 8.27. The number of fused-ring (bicyclic) bond motifs is 3. The van der Waals surface area contributed by atoms with Crippen LogP contribution in [-0.2, 0) is 4.79 Å². The van der Waals surface area contributed by atoms with Crippen molar-refractivity contribution < 1.29 is 4.79 Å². The maximum atomic E-state index is 13.0. The average Bonchev–Trinajstić information content (AvgIpc) is 2.59. The third-order valence-electron chi connectivity index (χ3n) is 8.27. The lowest BCUT2D eigenvalue weighted by Crippen LogP contribution is -2.57. The van der Waals surface area contributed by atoms with Crippen LogP contribution in [0.5, 0.6) is 0 Å². The van der Waals surface area contributed by atoms with E-state index in [0.717, 1.165) is 24.3 Å². The summed E-state index contributed by atoms with van der Waals surface area (Å²) in [5, 5.41) is 0. The lowest BCUT2D eigenvalue weighted by molar-refractivity contribution is -0.160. The summed E-state index contributed by atoms with van der Waals surface area (Å²) in [6, 6.07) is 0. The van der Waals surface area contributed by atoms with Crippen LogP contribution < -0.4 is 0 Å². The lowest BCUT2D eigenvalue weighted by atomic mass is 9.41. The Hall–Kier alpha value is -0.590. The molecule has 4 rings (SSSR count). The van der Waals surface area contributed by atoms with Crippen LogP contribution in [0, 0.1) is 34.0 Å². The molecule has 4 fully saturated rings. The van der Waals surface area contributed by atoms with E-state index in [0.29, 0.717) is 28.4 Å². The van der Waals surface area contributed by atoms with Gasteiger partial charge in [-0.25, -0.2) is 0 Å². The highest BCUT2D eigenvalue weighted by Gasteiger charge is 2.66. The molecule has 5 atom stereocenters. The average molecular weight is 286 g/mol. The molecule has 0 amide bonds. The molecule has 0 radical (unpaired) electrons. The first kappa shape index (κ1) is 14.0. The van der Waals surface area contributed by atoms with Crippen LogP contribution in [-0.4, -0.2) is 5.78 Å². The maximum absolute atomic E-state index is 13.0. The van der Waals surface area contributed by atoms with Crippen molar-refractivity contribution >= 4 is 5.78 Å². The second-order valence-corrected chi connectivity index (χ2v) is 9.48. The summed E-state index contributed by atoms with van der Waals surface area (Å²) in [6.45, 7) is 11.7. The molecule has 4 aliphatic carbocycles. The van der Waals surface area contributed by atoms with Gasteiger partial charge in [0.1, 0.15) is 0 Å². The van der Waals surface area contributed by atoms with E-state index >= 15 is 0 Å². The zero-order chi connectivity index (χ0) is 15.0. The van der Waals surface area contributed by atoms with Crippen molar-refractivity contribution in [1.82, 2.24) is 0 Å². The highest BCUT2D eigenvalue weighted by Crippen LogP contribution is 2.70. The van der Waals surface area contributed by atoms with Gasteiger partial charge in [0.2, 0.25) is 0 Å². The molecule has 0 aromatic heterocycles. The summed E-state index contributed by atoms with van der Waals surface area (Å²) in [7, 11) is 0. The molecule has 0 aromatic carbocycles. The van der Waals surface area contributed by atoms with E-state index in [1.807, 2.05) is 0 Å². The molecule has 1 heteroatoms. The van der Waals surface area contributed by atoms with Gasteiger partial charge < -0.3 is 0 Å². The van der Waals surface area contributed by atoms with Gasteiger partial charge in [-0.1, -0.05) is 33.8 Å². The Balaban J connectivity index is 1.79. The Morgan fingerprint density at radius 3 is 2.52 bits per heavy atom. The third kappa shape index (κ3) is 1.56. The molecule has 4 aliphatic rings. The Labute approximate surface area is 129 Å². The minimum Gasteiger partial charge on any atom is -0.294 e. The molecule has 0 N–H and O–H groups in total. The second kappa shape index (κ2) is 4.03. The molecule has 0 unspecified atom stereocenters. The van der Waals surface area contributed by atoms with Crippen LogP contribution in [0.4, 0.5) is 0 Å². The standard InChI is InChI=1S/C20H30O/c1-13-14-6-7-16-19(4)10-5-9-18(2,3)15(19)8-11-20(16,12-14)17(13)21/h14-16H,1,5-12H2,2-4H3/t14-,15+,16-,19+,20-/m0/s1. The summed E-state index contributed by atoms with van der Waals surface area (Å²) in [4.78, 5) is 13.0. The highest BCUT2D eigenvalue weighted by atomic mass is 16.1. The summed E-state index contributed by atoms with van der Waals surface area (Å²) < 4.78 is 0. The predicted octanol–water partition coefficient (Wildman–Crippen LogP) is 5.15. The quantitative estimate of drug-likeness (QED) is 0.562. The van der Waals surface area contributed by atoms with Crippen LogP contribution in [0.2, 0.25) is 0 Å². The molecule has 21 heavy (non-hydrogen) atoms. The zero-order valence-electron chi connectivity index (χ0n) is 14.0. The van der Waals surface area contributed by atoms with E-state index in [-0.39, 0.29) is 5.41 Å². The van der Waals surface area contributed by atoms with Gasteiger partial charge >= 0.3 is 0 Å². The number of allylic oxidation sites excluding steroid dienone is 1. The number of rotatable bonds is 0. The molecule has 0 heterocycles. The van der Waals surface area contributed by atoms with Crippen LogP contribution in [0.15, 0.2) is 12.2 Å². The fraction of sp³-hybridized carbons (Fsp3) is 0.850. The summed E-state index contributed by atoms with van der Waals surface area (Å²) >= 11 is 0. The fourth-order valence-corrected chi connectivity index (χ4v) is 7.44. The van der Waals surface area contributed by atoms with E-state index in [1.54, 1.807) is 0 Å². The van der Waals surface area contributed by atoms with Gasteiger partial charge in [0, 0.05) is 5.41 Å². The Bertz CT molecular complexity index is 516. The SMILES string of the molecule is C=C1C(=O)[C@]23CC[C@@H]4C(C)(C)CCC[C@@]4(C)[C@@H]2CC[C@H]1C3. The Kier molecular flexibility index (Phi) is 2.69. The zero-order valence-corrected chi connectivity index (χ0v) is 14.0. The first-order valence-electron chi connectivity index (χ1n) is 9.05. The van der Waals surface area contributed by atoms with Gasteiger partial charge in [-0.2, -0.15) is 0 Å². The normalized spacial score (nSPS) is 51.5. The molecule has 0 aliphatic heterocycles. The van der Waals surface area contributed by atoms with Crippen LogP contribution in [0.1, 0.15) is 72.1 Å². The van der Waals surface area contributed by atoms with E-state index < -0.39 is 0 Å². The van der Waals surface area contributed by atoms with Crippen molar-refractivity contribution in [3.05, 3.63) is 12.2 Å². The lowest BCUT2D eigenvalue weighted by Gasteiger charge is -2.63. The van der Waals surface area contributed by atoms with E-state index in [4.69, 9.17) is 0 Å². The first-order valence-corrected chi connectivity index (χ1v) is 9.05. The molecule has 1 spiro atoms. The Morgan fingerprint density at radius 2 is 1.76 bits per heavy atom. The number of ketones is 1. The number of Topliss-reactive ketones (excluding diaryl/α,β-unsaturated/α-hetero) is 1. The van der Waals surface area contributed by atoms with Crippen LogP contribution >= 0.6 is 0 Å². The molecular weight excluding hydrogens is 256 g/mol. The van der Waals surface area contributed by atoms with Gasteiger partial charge in [-0.15, -0.1) is 0 Å². The molecule has 2 bridgehead atoms. The first-order chi connectivity index (χ1) is 9.81. The molecule has 1 nitrogen and oxygen atoms in total. The minimum atomic E-state index is -0.00132. The topological polar surface area (TPSA) is 17.1 Å². The number of carbonyl (C=O) groups excluding carboxylic acids is 1. The van der Waals surface area contributed by atoms with Gasteiger partial charge in [0.05, 0.1) is 0 Å². The molecule has 0 aromatic rings. The Morgan fingerprint density at radius 1 is 1.00 bits per heavy atom. The summed E-state index contributed by atoms with van der Waals surface area (Å²) in [5.74, 6) is 2.43. The monoisotopic (exact) mass is 286 g/mol. The smallest absolute Gasteiger partial charge is 0.165 e. The summed E-state index contributed by atoms with van der Waals surface area (Å²) in [5.41, 5.74) is 1.84. The van der Waals surface area contributed by atoms with E-state index in [2.05, 4.69) is 27.4 Å². The maximum Gasteiger partial charge on any atom is 0.165 e. The number of hydrogen-bond donors (Lipinski definition) is 0. The largest absolute Gasteiger partial charge is 0.294 e. The predicted molar refractivity (Wildman–Crippen MR) is 85.9 cm³/mol. The van der Waals surface area contributed by atoms with E-state index in [1.165, 1.54) is 38.5 Å².